The Labute approximate surface area is 76.5 Å². The van der Waals surface area contributed by atoms with Gasteiger partial charge in [0.1, 0.15) is 0 Å². The summed E-state index contributed by atoms with van der Waals surface area (Å²) in [6, 6.07) is 3.92. The van der Waals surface area contributed by atoms with Crippen LogP contribution in [0.1, 0.15) is 18.0 Å². The fraction of sp³-hybridized carbons (Fsp3) is 0.200. The summed E-state index contributed by atoms with van der Waals surface area (Å²) >= 11 is 0. The first-order chi connectivity index (χ1) is 6.16. The lowest BCUT2D eigenvalue weighted by molar-refractivity contribution is 0.420. The zero-order valence-corrected chi connectivity index (χ0v) is 7.20. The minimum absolute atomic E-state index is 0.364. The smallest absolute Gasteiger partial charge is 0.165 e. The molecule has 0 fully saturated rings. The van der Waals surface area contributed by atoms with Gasteiger partial charge in [0.15, 0.2) is 11.6 Å². The van der Waals surface area contributed by atoms with Gasteiger partial charge in [-0.2, -0.15) is 0 Å². The van der Waals surface area contributed by atoms with Crippen LogP contribution in [0.15, 0.2) is 30.9 Å². The minimum atomic E-state index is -0.642. The van der Waals surface area contributed by atoms with E-state index in [2.05, 4.69) is 6.58 Å². The molecule has 3 N–H and O–H groups in total. The second-order valence-corrected chi connectivity index (χ2v) is 2.81. The average molecular weight is 181 g/mol. The van der Waals surface area contributed by atoms with Gasteiger partial charge in [-0.3, -0.25) is 0 Å². The van der Waals surface area contributed by atoms with E-state index in [1.165, 1.54) is 12.1 Å². The van der Waals surface area contributed by atoms with E-state index in [1.807, 2.05) is 0 Å². The number of hydrogen-bond donors (Lipinski definition) is 2. The van der Waals surface area contributed by atoms with Gasteiger partial charge in [-0.05, 0) is 12.5 Å². The molecular formula is C10H12FNO. The molecule has 1 atom stereocenters. The molecule has 0 heterocycles. The molecule has 3 heteroatoms. The molecule has 0 saturated heterocycles. The van der Waals surface area contributed by atoms with Crippen LogP contribution in [0.4, 0.5) is 4.39 Å². The standard InChI is InChI=1S/C10H12FNO/c1-2-4-9(12)7-5-3-6-8(11)10(7)13/h2-3,5-6,9,13H,1,4,12H2/t9-/m0/s1. The lowest BCUT2D eigenvalue weighted by atomic mass is 10.0. The maximum Gasteiger partial charge on any atom is 0.165 e. The van der Waals surface area contributed by atoms with Gasteiger partial charge in [-0.1, -0.05) is 18.2 Å². The molecule has 0 amide bonds. The molecule has 0 aliphatic heterocycles. The highest BCUT2D eigenvalue weighted by atomic mass is 19.1. The van der Waals surface area contributed by atoms with Crippen molar-refractivity contribution in [1.82, 2.24) is 0 Å². The first-order valence-corrected chi connectivity index (χ1v) is 4.00. The van der Waals surface area contributed by atoms with Crippen molar-refractivity contribution in [2.24, 2.45) is 5.73 Å². The summed E-state index contributed by atoms with van der Waals surface area (Å²) < 4.78 is 12.8. The highest BCUT2D eigenvalue weighted by molar-refractivity contribution is 5.36. The molecule has 1 aromatic rings. The Morgan fingerprint density at radius 2 is 2.31 bits per heavy atom. The summed E-state index contributed by atoms with van der Waals surface area (Å²) in [4.78, 5) is 0. The van der Waals surface area contributed by atoms with Crippen LogP contribution in [0.25, 0.3) is 0 Å². The van der Waals surface area contributed by atoms with E-state index in [4.69, 9.17) is 5.73 Å². The van der Waals surface area contributed by atoms with Crippen LogP contribution in [0.2, 0.25) is 0 Å². The van der Waals surface area contributed by atoms with Gasteiger partial charge >= 0.3 is 0 Å². The molecule has 2 nitrogen and oxygen atoms in total. The molecule has 0 spiro atoms. The molecule has 1 rings (SSSR count). The van der Waals surface area contributed by atoms with Gasteiger partial charge in [0.05, 0.1) is 0 Å². The van der Waals surface area contributed by atoms with E-state index in [0.29, 0.717) is 12.0 Å². The molecule has 0 aromatic heterocycles. The van der Waals surface area contributed by atoms with Crippen molar-refractivity contribution in [1.29, 1.82) is 0 Å². The van der Waals surface area contributed by atoms with Gasteiger partial charge in [-0.25, -0.2) is 4.39 Å². The van der Waals surface area contributed by atoms with Crippen LogP contribution in [0, 0.1) is 5.82 Å². The largest absolute Gasteiger partial charge is 0.505 e. The molecule has 13 heavy (non-hydrogen) atoms. The van der Waals surface area contributed by atoms with Gasteiger partial charge in [0.25, 0.3) is 0 Å². The third kappa shape index (κ3) is 2.06. The zero-order valence-electron chi connectivity index (χ0n) is 7.20. The Balaban J connectivity index is 3.00. The van der Waals surface area contributed by atoms with E-state index in [1.54, 1.807) is 12.1 Å². The molecule has 1 aromatic carbocycles. The maximum absolute atomic E-state index is 12.8. The molecular weight excluding hydrogens is 169 g/mol. The first kappa shape index (κ1) is 9.74. The Morgan fingerprint density at radius 3 is 2.92 bits per heavy atom. The minimum Gasteiger partial charge on any atom is -0.505 e. The van der Waals surface area contributed by atoms with Crippen molar-refractivity contribution in [2.75, 3.05) is 0 Å². The topological polar surface area (TPSA) is 46.2 Å². The number of aromatic hydroxyl groups is 1. The lowest BCUT2D eigenvalue weighted by Crippen LogP contribution is -2.09. The second kappa shape index (κ2) is 4.05. The number of hydrogen-bond acceptors (Lipinski definition) is 2. The summed E-state index contributed by atoms with van der Waals surface area (Å²) in [6.07, 6.45) is 2.14. The van der Waals surface area contributed by atoms with Crippen LogP contribution in [-0.4, -0.2) is 5.11 Å². The second-order valence-electron chi connectivity index (χ2n) is 2.81. The van der Waals surface area contributed by atoms with Crippen LogP contribution in [-0.2, 0) is 0 Å². The number of benzene rings is 1. The SMILES string of the molecule is C=CC[C@H](N)c1cccc(F)c1O. The van der Waals surface area contributed by atoms with Crippen LogP contribution in [0.5, 0.6) is 5.75 Å². The Morgan fingerprint density at radius 1 is 1.62 bits per heavy atom. The normalized spacial score (nSPS) is 12.5. The average Bonchev–Trinajstić information content (AvgIpc) is 2.10. The maximum atomic E-state index is 12.8. The zero-order chi connectivity index (χ0) is 9.84. The van der Waals surface area contributed by atoms with Gasteiger partial charge in [0.2, 0.25) is 0 Å². The third-order valence-corrected chi connectivity index (χ3v) is 1.84. The summed E-state index contributed by atoms with van der Waals surface area (Å²) in [5.74, 6) is -1.01. The Hall–Kier alpha value is -1.35. The van der Waals surface area contributed by atoms with Gasteiger partial charge in [0, 0.05) is 11.6 Å². The fourth-order valence-electron chi connectivity index (χ4n) is 1.14. The summed E-state index contributed by atoms with van der Waals surface area (Å²) in [5, 5.41) is 9.31. The predicted octanol–water partition coefficient (Wildman–Crippen LogP) is 2.11. The van der Waals surface area contributed by atoms with E-state index in [9.17, 15) is 9.50 Å². The van der Waals surface area contributed by atoms with Crippen molar-refractivity contribution in [2.45, 2.75) is 12.5 Å². The van der Waals surface area contributed by atoms with Crippen LogP contribution >= 0.6 is 0 Å². The van der Waals surface area contributed by atoms with E-state index in [0.717, 1.165) is 0 Å². The van der Waals surface area contributed by atoms with Gasteiger partial charge in [-0.15, -0.1) is 6.58 Å². The Bertz CT molecular complexity index is 312. The number of nitrogens with two attached hydrogens (primary N) is 1. The predicted molar refractivity (Wildman–Crippen MR) is 49.8 cm³/mol. The summed E-state index contributed by atoms with van der Waals surface area (Å²) in [7, 11) is 0. The third-order valence-electron chi connectivity index (χ3n) is 1.84. The van der Waals surface area contributed by atoms with Crippen LogP contribution in [0.3, 0.4) is 0 Å². The van der Waals surface area contributed by atoms with Crippen molar-refractivity contribution in [3.8, 4) is 5.75 Å². The molecule has 0 radical (unpaired) electrons. The van der Waals surface area contributed by atoms with Gasteiger partial charge < -0.3 is 10.8 Å². The molecule has 0 aliphatic rings. The van der Waals surface area contributed by atoms with E-state index in [-0.39, 0.29) is 5.75 Å². The van der Waals surface area contributed by atoms with Crippen molar-refractivity contribution in [3.05, 3.63) is 42.2 Å². The highest BCUT2D eigenvalue weighted by Crippen LogP contribution is 2.27. The van der Waals surface area contributed by atoms with Crippen molar-refractivity contribution in [3.63, 3.8) is 0 Å². The summed E-state index contributed by atoms with van der Waals surface area (Å²) in [6.45, 7) is 3.52. The number of phenols is 1. The fourth-order valence-corrected chi connectivity index (χ4v) is 1.14. The molecule has 0 aliphatic carbocycles. The number of phenolic OH excluding ortho intramolecular Hbond substituents is 1. The molecule has 0 unspecified atom stereocenters. The highest BCUT2D eigenvalue weighted by Gasteiger charge is 2.11. The monoisotopic (exact) mass is 181 g/mol. The molecule has 70 valence electrons. The molecule has 0 saturated carbocycles. The van der Waals surface area contributed by atoms with E-state index >= 15 is 0 Å². The number of rotatable bonds is 3. The van der Waals surface area contributed by atoms with Crippen molar-refractivity contribution < 1.29 is 9.50 Å². The van der Waals surface area contributed by atoms with E-state index < -0.39 is 11.9 Å². The molecule has 0 bridgehead atoms. The number of para-hydroxylation sites is 1. The number of halogens is 1. The Kier molecular flexibility index (Phi) is 3.03. The quantitative estimate of drug-likeness (QED) is 0.701. The first-order valence-electron chi connectivity index (χ1n) is 4.00. The van der Waals surface area contributed by atoms with Crippen LogP contribution < -0.4 is 5.73 Å². The van der Waals surface area contributed by atoms with Crippen molar-refractivity contribution >= 4 is 0 Å². The lowest BCUT2D eigenvalue weighted by Gasteiger charge is -2.11. The summed E-state index contributed by atoms with van der Waals surface area (Å²) in [5.41, 5.74) is 6.09.